The third kappa shape index (κ3) is 2.96. The number of nitrogens with zero attached hydrogens (tertiary/aromatic N) is 1. The molecule has 1 aliphatic rings. The van der Waals surface area contributed by atoms with Crippen molar-refractivity contribution >= 4 is 21.6 Å². The first-order valence-corrected chi connectivity index (χ1v) is 8.73. The van der Waals surface area contributed by atoms with E-state index in [1.165, 1.54) is 0 Å². The molecule has 116 valence electrons. The fraction of sp³-hybridized carbons (Fsp3) is 0.533. The summed E-state index contributed by atoms with van der Waals surface area (Å²) in [5.41, 5.74) is 2.14. The number of fused-ring (bicyclic) bond motifs is 1. The maximum atomic E-state index is 12.2. The van der Waals surface area contributed by atoms with Gasteiger partial charge in [-0.3, -0.25) is 4.79 Å². The van der Waals surface area contributed by atoms with Gasteiger partial charge in [-0.15, -0.1) is 0 Å². The van der Waals surface area contributed by atoms with Crippen molar-refractivity contribution in [3.63, 3.8) is 0 Å². The Hall–Kier alpha value is -1.40. The van der Waals surface area contributed by atoms with E-state index in [1.807, 2.05) is 39.0 Å². The summed E-state index contributed by atoms with van der Waals surface area (Å²) in [6.07, 6.45) is 0.589. The molecule has 1 aliphatic heterocycles. The lowest BCUT2D eigenvalue weighted by molar-refractivity contribution is -0.121. The van der Waals surface area contributed by atoms with E-state index in [0.29, 0.717) is 6.42 Å². The molecular weight excluding hydrogens is 288 g/mol. The van der Waals surface area contributed by atoms with Gasteiger partial charge in [0, 0.05) is 19.3 Å². The summed E-state index contributed by atoms with van der Waals surface area (Å²) >= 11 is 0. The second kappa shape index (κ2) is 5.42. The number of anilines is 1. The lowest BCUT2D eigenvalue weighted by Gasteiger charge is -2.16. The van der Waals surface area contributed by atoms with Crippen LogP contribution in [0.5, 0.6) is 0 Å². The van der Waals surface area contributed by atoms with Crippen LogP contribution >= 0.6 is 0 Å². The van der Waals surface area contributed by atoms with Crippen molar-refractivity contribution in [3.05, 3.63) is 29.3 Å². The molecule has 0 fully saturated rings. The molecule has 0 spiro atoms. The van der Waals surface area contributed by atoms with Crippen molar-refractivity contribution in [1.29, 1.82) is 0 Å². The number of benzene rings is 1. The van der Waals surface area contributed by atoms with Crippen LogP contribution in [0.3, 0.4) is 0 Å². The highest BCUT2D eigenvalue weighted by Crippen LogP contribution is 2.40. The summed E-state index contributed by atoms with van der Waals surface area (Å²) in [4.78, 5) is 13.9. The van der Waals surface area contributed by atoms with Crippen molar-refractivity contribution in [1.82, 2.24) is 4.72 Å². The Morgan fingerprint density at radius 2 is 1.95 bits per heavy atom. The summed E-state index contributed by atoms with van der Waals surface area (Å²) in [5, 5.41) is 0. The van der Waals surface area contributed by atoms with E-state index in [0.717, 1.165) is 16.8 Å². The van der Waals surface area contributed by atoms with Crippen LogP contribution in [-0.2, 0) is 26.8 Å². The van der Waals surface area contributed by atoms with Gasteiger partial charge in [0.05, 0.1) is 11.2 Å². The van der Waals surface area contributed by atoms with Gasteiger partial charge in [-0.2, -0.15) is 0 Å². The lowest BCUT2D eigenvalue weighted by atomic mass is 9.85. The highest BCUT2D eigenvalue weighted by Gasteiger charge is 2.42. The number of sulfonamides is 1. The second-order valence-corrected chi connectivity index (χ2v) is 7.91. The lowest BCUT2D eigenvalue weighted by Crippen LogP contribution is -2.33. The molecule has 0 aromatic heterocycles. The van der Waals surface area contributed by atoms with Gasteiger partial charge in [0.15, 0.2) is 0 Å². The molecule has 1 amide bonds. The van der Waals surface area contributed by atoms with Crippen LogP contribution < -0.4 is 9.62 Å². The molecule has 0 saturated heterocycles. The summed E-state index contributed by atoms with van der Waals surface area (Å²) in [7, 11) is -1.46. The number of hydrogen-bond acceptors (Lipinski definition) is 3. The number of amides is 1. The maximum Gasteiger partial charge on any atom is 0.236 e. The Morgan fingerprint density at radius 3 is 2.57 bits per heavy atom. The third-order valence-electron chi connectivity index (χ3n) is 3.90. The van der Waals surface area contributed by atoms with E-state index in [9.17, 15) is 13.2 Å². The van der Waals surface area contributed by atoms with Crippen LogP contribution in [0, 0.1) is 0 Å². The van der Waals surface area contributed by atoms with Gasteiger partial charge < -0.3 is 4.90 Å². The van der Waals surface area contributed by atoms with Crippen molar-refractivity contribution in [2.75, 3.05) is 17.7 Å². The zero-order valence-electron chi connectivity index (χ0n) is 12.9. The van der Waals surface area contributed by atoms with Gasteiger partial charge >= 0.3 is 0 Å². The average Bonchev–Trinajstić information content (AvgIpc) is 2.58. The molecule has 6 heteroatoms. The number of carbonyl (C=O) groups is 1. The van der Waals surface area contributed by atoms with E-state index in [4.69, 9.17) is 0 Å². The molecule has 0 radical (unpaired) electrons. The smallest absolute Gasteiger partial charge is 0.236 e. The minimum Gasteiger partial charge on any atom is -0.314 e. The van der Waals surface area contributed by atoms with Gasteiger partial charge in [-0.05, 0) is 37.5 Å². The zero-order valence-corrected chi connectivity index (χ0v) is 13.8. The molecule has 1 N–H and O–H groups in total. The monoisotopic (exact) mass is 310 g/mol. The third-order valence-corrected chi connectivity index (χ3v) is 5.43. The van der Waals surface area contributed by atoms with Crippen molar-refractivity contribution in [2.45, 2.75) is 39.2 Å². The van der Waals surface area contributed by atoms with Gasteiger partial charge in [-0.1, -0.05) is 19.1 Å². The van der Waals surface area contributed by atoms with E-state index >= 15 is 0 Å². The summed E-state index contributed by atoms with van der Waals surface area (Å²) in [6.45, 7) is 5.87. The summed E-state index contributed by atoms with van der Waals surface area (Å²) < 4.78 is 26.0. The van der Waals surface area contributed by atoms with Crippen LogP contribution in [0.1, 0.15) is 38.3 Å². The number of hydrogen-bond donors (Lipinski definition) is 1. The Balaban J connectivity index is 2.24. The molecule has 21 heavy (non-hydrogen) atoms. The van der Waals surface area contributed by atoms with Crippen LogP contribution in [0.4, 0.5) is 5.69 Å². The summed E-state index contributed by atoms with van der Waals surface area (Å²) in [5.74, 6) is 0.186. The van der Waals surface area contributed by atoms with Crippen molar-refractivity contribution < 1.29 is 13.2 Å². The van der Waals surface area contributed by atoms with Crippen molar-refractivity contribution in [3.8, 4) is 0 Å². The standard InChI is InChI=1S/C15H22N2O3S/c1-5-8-21(19,20)16-10-11-6-7-13-12(9-11)15(2,3)14(18)17(13)4/h6-7,9,16H,5,8,10H2,1-4H3. The minimum atomic E-state index is -3.22. The van der Waals surface area contributed by atoms with Crippen molar-refractivity contribution in [2.24, 2.45) is 0 Å². The molecule has 0 saturated carbocycles. The average molecular weight is 310 g/mol. The molecule has 0 aliphatic carbocycles. The van der Waals surface area contributed by atoms with Gasteiger partial charge in [0.25, 0.3) is 0 Å². The van der Waals surface area contributed by atoms with Crippen LogP contribution in [0.25, 0.3) is 0 Å². The van der Waals surface area contributed by atoms with Crippen LogP contribution in [0.15, 0.2) is 18.2 Å². The quantitative estimate of drug-likeness (QED) is 0.901. The van der Waals surface area contributed by atoms with Crippen LogP contribution in [-0.4, -0.2) is 27.1 Å². The van der Waals surface area contributed by atoms with E-state index in [1.54, 1.807) is 11.9 Å². The Labute approximate surface area is 126 Å². The molecule has 0 unspecified atom stereocenters. The normalized spacial score (nSPS) is 17.1. The first-order chi connectivity index (χ1) is 9.69. The fourth-order valence-corrected chi connectivity index (χ4v) is 3.73. The molecule has 1 aromatic carbocycles. The molecule has 1 heterocycles. The first kappa shape index (κ1) is 16.0. The molecule has 5 nitrogen and oxygen atoms in total. The molecule has 0 atom stereocenters. The topological polar surface area (TPSA) is 66.5 Å². The van der Waals surface area contributed by atoms with E-state index < -0.39 is 15.4 Å². The first-order valence-electron chi connectivity index (χ1n) is 7.08. The fourth-order valence-electron chi connectivity index (χ4n) is 2.66. The number of likely N-dealkylation sites (N-methyl/N-ethyl adjacent to an activating group) is 1. The largest absolute Gasteiger partial charge is 0.314 e. The van der Waals surface area contributed by atoms with Gasteiger partial charge in [0.1, 0.15) is 0 Å². The highest BCUT2D eigenvalue weighted by molar-refractivity contribution is 7.89. The molecular formula is C15H22N2O3S. The maximum absolute atomic E-state index is 12.2. The van der Waals surface area contributed by atoms with Gasteiger partial charge in [-0.25, -0.2) is 13.1 Å². The van der Waals surface area contributed by atoms with E-state index in [2.05, 4.69) is 4.72 Å². The zero-order chi connectivity index (χ0) is 15.8. The molecule has 1 aromatic rings. The predicted octanol–water partition coefficient (Wildman–Crippen LogP) is 1.77. The second-order valence-electron chi connectivity index (χ2n) is 5.98. The minimum absolute atomic E-state index is 0.0567. The van der Waals surface area contributed by atoms with Gasteiger partial charge in [0.2, 0.25) is 15.9 Å². The SMILES string of the molecule is CCCS(=O)(=O)NCc1ccc2c(c1)C(C)(C)C(=O)N2C. The highest BCUT2D eigenvalue weighted by atomic mass is 32.2. The number of rotatable bonds is 5. The molecule has 0 bridgehead atoms. The van der Waals surface area contributed by atoms with E-state index in [-0.39, 0.29) is 18.2 Å². The summed E-state index contributed by atoms with van der Waals surface area (Å²) in [6, 6.07) is 5.66. The Kier molecular flexibility index (Phi) is 4.13. The number of carbonyl (C=O) groups excluding carboxylic acids is 1. The van der Waals surface area contributed by atoms with Crippen LogP contribution in [0.2, 0.25) is 0 Å². The molecule has 2 rings (SSSR count). The number of nitrogens with one attached hydrogen (secondary N) is 1. The predicted molar refractivity (Wildman–Crippen MR) is 83.8 cm³/mol. The Morgan fingerprint density at radius 1 is 1.29 bits per heavy atom. The Bertz CT molecular complexity index is 665.